The van der Waals surface area contributed by atoms with Crippen LogP contribution in [0.3, 0.4) is 0 Å². The highest BCUT2D eigenvalue weighted by Crippen LogP contribution is 2.30. The molecule has 3 rings (SSSR count). The molecule has 0 radical (unpaired) electrons. The fraction of sp³-hybridized carbons (Fsp3) is 0.588. The van der Waals surface area contributed by atoms with Crippen molar-refractivity contribution in [2.75, 3.05) is 6.54 Å². The lowest BCUT2D eigenvalue weighted by Gasteiger charge is -2.43. The van der Waals surface area contributed by atoms with Crippen molar-refractivity contribution in [3.63, 3.8) is 0 Å². The summed E-state index contributed by atoms with van der Waals surface area (Å²) in [5.74, 6) is -0.761. The van der Waals surface area contributed by atoms with Crippen LogP contribution in [0, 0.1) is 5.92 Å². The Morgan fingerprint density at radius 1 is 1.25 bits per heavy atom. The van der Waals surface area contributed by atoms with Crippen LogP contribution in [-0.4, -0.2) is 34.6 Å². The zero-order chi connectivity index (χ0) is 14.1. The third-order valence-corrected chi connectivity index (χ3v) is 5.07. The molecular formula is C17H23NO2. The number of fused-ring (bicyclic) bond motifs is 1. The molecule has 3 unspecified atom stereocenters. The monoisotopic (exact) mass is 273 g/mol. The summed E-state index contributed by atoms with van der Waals surface area (Å²) in [7, 11) is 0. The number of aliphatic carboxylic acids is 1. The smallest absolute Gasteiger partial charge is 0.306 e. The number of carboxylic acids is 1. The summed E-state index contributed by atoms with van der Waals surface area (Å²) >= 11 is 0. The zero-order valence-electron chi connectivity index (χ0n) is 12.1. The summed E-state index contributed by atoms with van der Waals surface area (Å²) in [4.78, 5) is 13.7. The van der Waals surface area contributed by atoms with Crippen molar-refractivity contribution < 1.29 is 9.90 Å². The van der Waals surface area contributed by atoms with E-state index in [9.17, 15) is 4.79 Å². The number of hydrogen-bond donors (Lipinski definition) is 1. The lowest BCUT2D eigenvalue weighted by Crippen LogP contribution is -2.50. The van der Waals surface area contributed by atoms with Gasteiger partial charge >= 0.3 is 5.97 Å². The van der Waals surface area contributed by atoms with Crippen molar-refractivity contribution in [2.24, 2.45) is 5.92 Å². The van der Waals surface area contributed by atoms with E-state index in [1.165, 1.54) is 17.5 Å². The van der Waals surface area contributed by atoms with Crippen molar-refractivity contribution in [2.45, 2.75) is 51.1 Å². The summed E-state index contributed by atoms with van der Waals surface area (Å²) in [5.41, 5.74) is 2.98. The quantitative estimate of drug-likeness (QED) is 0.900. The third kappa shape index (κ3) is 2.59. The minimum absolute atomic E-state index is 0.142. The van der Waals surface area contributed by atoms with Crippen LogP contribution in [0.4, 0.5) is 0 Å². The van der Waals surface area contributed by atoms with Crippen LogP contribution < -0.4 is 0 Å². The molecule has 0 amide bonds. The molecule has 108 valence electrons. The van der Waals surface area contributed by atoms with E-state index in [1.54, 1.807) is 0 Å². The van der Waals surface area contributed by atoms with E-state index in [0.717, 1.165) is 32.2 Å². The first kappa shape index (κ1) is 13.6. The maximum Gasteiger partial charge on any atom is 0.306 e. The number of piperidine rings is 1. The van der Waals surface area contributed by atoms with Crippen LogP contribution in [0.2, 0.25) is 0 Å². The molecule has 3 nitrogen and oxygen atoms in total. The molecule has 1 aliphatic heterocycles. The minimum Gasteiger partial charge on any atom is -0.481 e. The molecule has 0 saturated carbocycles. The van der Waals surface area contributed by atoms with Gasteiger partial charge in [0.15, 0.2) is 0 Å². The second kappa shape index (κ2) is 5.57. The largest absolute Gasteiger partial charge is 0.481 e. The molecule has 1 aromatic rings. The van der Waals surface area contributed by atoms with Crippen molar-refractivity contribution >= 4 is 5.97 Å². The highest BCUT2D eigenvalue weighted by molar-refractivity contribution is 5.70. The number of hydrogen-bond acceptors (Lipinski definition) is 2. The maximum absolute atomic E-state index is 11.1. The molecule has 0 aromatic heterocycles. The van der Waals surface area contributed by atoms with E-state index in [1.807, 2.05) is 0 Å². The zero-order valence-corrected chi connectivity index (χ0v) is 12.1. The van der Waals surface area contributed by atoms with Gasteiger partial charge in [-0.05, 0) is 56.7 Å². The number of likely N-dealkylation sites (tertiary alicyclic amines) is 1. The number of benzene rings is 1. The van der Waals surface area contributed by atoms with Crippen LogP contribution in [-0.2, 0) is 17.6 Å². The van der Waals surface area contributed by atoms with Crippen molar-refractivity contribution in [1.29, 1.82) is 0 Å². The average Bonchev–Trinajstić information content (AvgIpc) is 2.46. The molecule has 2 aliphatic rings. The lowest BCUT2D eigenvalue weighted by molar-refractivity contribution is -0.144. The normalized spacial score (nSPS) is 30.8. The maximum atomic E-state index is 11.1. The summed E-state index contributed by atoms with van der Waals surface area (Å²) in [5, 5.41) is 9.16. The molecule has 1 N–H and O–H groups in total. The average molecular weight is 273 g/mol. The Bertz CT molecular complexity index is 500. The first-order valence-electron chi connectivity index (χ1n) is 7.70. The molecule has 0 spiro atoms. The third-order valence-electron chi connectivity index (χ3n) is 5.07. The Morgan fingerprint density at radius 3 is 2.70 bits per heavy atom. The molecule has 1 fully saturated rings. The summed E-state index contributed by atoms with van der Waals surface area (Å²) in [6.45, 7) is 3.13. The van der Waals surface area contributed by atoms with Crippen molar-refractivity contribution in [3.05, 3.63) is 35.4 Å². The Kier molecular flexibility index (Phi) is 3.79. The molecule has 3 atom stereocenters. The molecule has 1 saturated heterocycles. The lowest BCUT2D eigenvalue weighted by atomic mass is 9.84. The summed E-state index contributed by atoms with van der Waals surface area (Å²) in [6, 6.07) is 9.72. The minimum atomic E-state index is -0.620. The number of rotatable bonds is 2. The fourth-order valence-corrected chi connectivity index (χ4v) is 3.92. The van der Waals surface area contributed by atoms with E-state index >= 15 is 0 Å². The predicted octanol–water partition coefficient (Wildman–Crippen LogP) is 2.73. The van der Waals surface area contributed by atoms with Crippen molar-refractivity contribution in [3.8, 4) is 0 Å². The number of carboxylic acid groups (broad SMARTS) is 1. The predicted molar refractivity (Wildman–Crippen MR) is 78.8 cm³/mol. The molecular weight excluding hydrogens is 250 g/mol. The molecule has 3 heteroatoms. The Labute approximate surface area is 120 Å². The second-order valence-corrected chi connectivity index (χ2v) is 6.31. The van der Waals surface area contributed by atoms with Gasteiger partial charge in [-0.3, -0.25) is 9.69 Å². The van der Waals surface area contributed by atoms with E-state index in [0.29, 0.717) is 12.1 Å². The topological polar surface area (TPSA) is 40.5 Å². The molecule has 0 bridgehead atoms. The van der Waals surface area contributed by atoms with Gasteiger partial charge < -0.3 is 5.11 Å². The Hall–Kier alpha value is -1.35. The summed E-state index contributed by atoms with van der Waals surface area (Å²) in [6.07, 6.45) is 5.09. The second-order valence-electron chi connectivity index (χ2n) is 6.31. The van der Waals surface area contributed by atoms with Gasteiger partial charge in [-0.25, -0.2) is 0 Å². The highest BCUT2D eigenvalue weighted by atomic mass is 16.4. The van der Waals surface area contributed by atoms with E-state index < -0.39 is 5.97 Å². The first-order chi connectivity index (χ1) is 9.65. The highest BCUT2D eigenvalue weighted by Gasteiger charge is 2.34. The van der Waals surface area contributed by atoms with Gasteiger partial charge in [0.2, 0.25) is 0 Å². The van der Waals surface area contributed by atoms with E-state index in [-0.39, 0.29) is 5.92 Å². The van der Waals surface area contributed by atoms with Gasteiger partial charge in [-0.15, -0.1) is 0 Å². The van der Waals surface area contributed by atoms with Gasteiger partial charge in [0.1, 0.15) is 0 Å². The van der Waals surface area contributed by atoms with Gasteiger partial charge in [0.05, 0.1) is 5.92 Å². The molecule has 1 aromatic carbocycles. The van der Waals surface area contributed by atoms with Crippen LogP contribution in [0.1, 0.15) is 37.3 Å². The Morgan fingerprint density at radius 2 is 2.00 bits per heavy atom. The van der Waals surface area contributed by atoms with Gasteiger partial charge in [-0.2, -0.15) is 0 Å². The van der Waals surface area contributed by atoms with Crippen LogP contribution in [0.15, 0.2) is 24.3 Å². The van der Waals surface area contributed by atoms with Crippen LogP contribution >= 0.6 is 0 Å². The van der Waals surface area contributed by atoms with Crippen LogP contribution in [0.5, 0.6) is 0 Å². The molecule has 1 heterocycles. The van der Waals surface area contributed by atoms with E-state index in [2.05, 4.69) is 36.1 Å². The van der Waals surface area contributed by atoms with Crippen molar-refractivity contribution in [1.82, 2.24) is 4.90 Å². The standard InChI is InChI=1S/C17H23NO2/c1-12-10-15(17(19)20)8-9-18(12)16-7-6-13-4-2-3-5-14(13)11-16/h2-5,12,15-16H,6-11H2,1H3,(H,19,20). The van der Waals surface area contributed by atoms with Crippen LogP contribution in [0.25, 0.3) is 0 Å². The SMILES string of the molecule is CC1CC(C(=O)O)CCN1C1CCc2ccccc2C1. The van der Waals surface area contributed by atoms with E-state index in [4.69, 9.17) is 5.11 Å². The first-order valence-corrected chi connectivity index (χ1v) is 7.70. The fourth-order valence-electron chi connectivity index (χ4n) is 3.92. The number of carbonyl (C=O) groups is 1. The van der Waals surface area contributed by atoms with Gasteiger partial charge in [0, 0.05) is 12.1 Å². The number of nitrogens with zero attached hydrogens (tertiary/aromatic N) is 1. The summed E-state index contributed by atoms with van der Waals surface area (Å²) < 4.78 is 0. The molecule has 20 heavy (non-hydrogen) atoms. The Balaban J connectivity index is 1.68. The van der Waals surface area contributed by atoms with Gasteiger partial charge in [-0.1, -0.05) is 24.3 Å². The molecule has 1 aliphatic carbocycles. The number of aryl methyl sites for hydroxylation is 1. The van der Waals surface area contributed by atoms with Gasteiger partial charge in [0.25, 0.3) is 0 Å².